The van der Waals surface area contributed by atoms with Gasteiger partial charge in [-0.3, -0.25) is 9.59 Å². The Morgan fingerprint density at radius 3 is 2.12 bits per heavy atom. The van der Waals surface area contributed by atoms with Gasteiger partial charge in [0.2, 0.25) is 0 Å². The van der Waals surface area contributed by atoms with Crippen LogP contribution in [0.3, 0.4) is 0 Å². The standard InChI is InChI=1S/C24H16F4N2O2/c1-14-5-11-19(12-6-14)30-22(31)20(15-7-9-17(25)10-8-15)21(23(30)32)29-18-4-2-3-16(13-18)24(26,27)28/h2-13,29H,1H3. The highest BCUT2D eigenvalue weighted by atomic mass is 19.4. The number of halogens is 4. The number of hydrogen-bond acceptors (Lipinski definition) is 3. The van der Waals surface area contributed by atoms with E-state index in [4.69, 9.17) is 0 Å². The third kappa shape index (κ3) is 3.99. The first-order valence-electron chi connectivity index (χ1n) is 9.55. The summed E-state index contributed by atoms with van der Waals surface area (Å²) in [7, 11) is 0. The van der Waals surface area contributed by atoms with E-state index in [1.807, 2.05) is 6.92 Å². The fourth-order valence-corrected chi connectivity index (χ4v) is 3.38. The Morgan fingerprint density at radius 2 is 1.50 bits per heavy atom. The van der Waals surface area contributed by atoms with E-state index in [2.05, 4.69) is 5.32 Å². The van der Waals surface area contributed by atoms with Crippen LogP contribution in [-0.4, -0.2) is 11.8 Å². The van der Waals surface area contributed by atoms with Crippen LogP contribution < -0.4 is 10.2 Å². The first-order chi connectivity index (χ1) is 15.1. The van der Waals surface area contributed by atoms with Gasteiger partial charge in [0, 0.05) is 5.69 Å². The number of anilines is 2. The third-order valence-electron chi connectivity index (χ3n) is 4.97. The van der Waals surface area contributed by atoms with Crippen molar-refractivity contribution in [2.45, 2.75) is 13.1 Å². The Morgan fingerprint density at radius 1 is 0.844 bits per heavy atom. The predicted octanol–water partition coefficient (Wildman–Crippen LogP) is 5.55. The number of rotatable bonds is 4. The molecule has 0 fully saturated rings. The van der Waals surface area contributed by atoms with Crippen LogP contribution in [0.2, 0.25) is 0 Å². The summed E-state index contributed by atoms with van der Waals surface area (Å²) in [5.74, 6) is -1.93. The molecule has 0 radical (unpaired) electrons. The van der Waals surface area contributed by atoms with Crippen LogP contribution in [0.15, 0.2) is 78.5 Å². The second kappa shape index (κ2) is 7.96. The molecule has 32 heavy (non-hydrogen) atoms. The lowest BCUT2D eigenvalue weighted by Crippen LogP contribution is -2.32. The van der Waals surface area contributed by atoms with Crippen molar-refractivity contribution in [2.24, 2.45) is 0 Å². The molecule has 8 heteroatoms. The molecule has 1 N–H and O–H groups in total. The number of alkyl halides is 3. The van der Waals surface area contributed by atoms with E-state index >= 15 is 0 Å². The number of carbonyl (C=O) groups is 2. The molecular formula is C24H16F4N2O2. The van der Waals surface area contributed by atoms with Crippen LogP contribution in [0.5, 0.6) is 0 Å². The zero-order valence-corrected chi connectivity index (χ0v) is 16.7. The molecule has 0 unspecified atom stereocenters. The van der Waals surface area contributed by atoms with E-state index in [9.17, 15) is 27.2 Å². The SMILES string of the molecule is Cc1ccc(N2C(=O)C(Nc3cccc(C(F)(F)F)c3)=C(c3ccc(F)cc3)C2=O)cc1. The molecule has 0 aromatic heterocycles. The molecule has 4 nitrogen and oxygen atoms in total. The normalized spacial score (nSPS) is 14.3. The molecule has 0 atom stereocenters. The Balaban J connectivity index is 1.81. The van der Waals surface area contributed by atoms with Gasteiger partial charge >= 0.3 is 6.18 Å². The van der Waals surface area contributed by atoms with Crippen LogP contribution >= 0.6 is 0 Å². The lowest BCUT2D eigenvalue weighted by molar-refractivity contribution is -0.137. The van der Waals surface area contributed by atoms with Crippen LogP contribution in [0.25, 0.3) is 5.57 Å². The maximum atomic E-state index is 13.4. The number of imide groups is 1. The van der Waals surface area contributed by atoms with Crippen molar-refractivity contribution in [3.05, 3.63) is 101 Å². The summed E-state index contributed by atoms with van der Waals surface area (Å²) in [5.41, 5.74) is 0.316. The van der Waals surface area contributed by atoms with E-state index in [-0.39, 0.29) is 22.5 Å². The van der Waals surface area contributed by atoms with Crippen LogP contribution in [0, 0.1) is 12.7 Å². The van der Waals surface area contributed by atoms with Crippen molar-refractivity contribution in [3.63, 3.8) is 0 Å². The molecule has 0 spiro atoms. The van der Waals surface area contributed by atoms with Gasteiger partial charge in [0.25, 0.3) is 11.8 Å². The number of carbonyl (C=O) groups excluding carboxylic acids is 2. The Hall–Kier alpha value is -3.94. The number of nitrogens with one attached hydrogen (secondary N) is 1. The monoisotopic (exact) mass is 440 g/mol. The number of nitrogens with zero attached hydrogens (tertiary/aromatic N) is 1. The summed E-state index contributed by atoms with van der Waals surface area (Å²) >= 11 is 0. The highest BCUT2D eigenvalue weighted by Gasteiger charge is 2.40. The van der Waals surface area contributed by atoms with Gasteiger partial charge in [0.1, 0.15) is 11.5 Å². The van der Waals surface area contributed by atoms with Crippen molar-refractivity contribution in [1.82, 2.24) is 0 Å². The molecule has 3 aromatic carbocycles. The Kier molecular flexibility index (Phi) is 5.30. The molecule has 4 rings (SSSR count). The second-order valence-electron chi connectivity index (χ2n) is 7.24. The largest absolute Gasteiger partial charge is 0.416 e. The minimum Gasteiger partial charge on any atom is -0.350 e. The molecule has 0 bridgehead atoms. The van der Waals surface area contributed by atoms with Gasteiger partial charge < -0.3 is 5.32 Å². The average Bonchev–Trinajstić information content (AvgIpc) is 2.99. The Labute approximate surface area is 180 Å². The van der Waals surface area contributed by atoms with Crippen molar-refractivity contribution >= 4 is 28.8 Å². The molecule has 3 aromatic rings. The van der Waals surface area contributed by atoms with Crippen LogP contribution in [-0.2, 0) is 15.8 Å². The van der Waals surface area contributed by atoms with Crippen molar-refractivity contribution in [1.29, 1.82) is 0 Å². The van der Waals surface area contributed by atoms with Crippen molar-refractivity contribution < 1.29 is 27.2 Å². The Bertz CT molecular complexity index is 1230. The minimum atomic E-state index is -4.57. The lowest BCUT2D eigenvalue weighted by Gasteiger charge is -2.16. The van der Waals surface area contributed by atoms with Gasteiger partial charge in [-0.05, 0) is 55.0 Å². The van der Waals surface area contributed by atoms with E-state index in [0.29, 0.717) is 5.69 Å². The summed E-state index contributed by atoms with van der Waals surface area (Å²) in [4.78, 5) is 27.4. The van der Waals surface area contributed by atoms with Gasteiger partial charge in [-0.2, -0.15) is 13.2 Å². The quantitative estimate of drug-likeness (QED) is 0.428. The van der Waals surface area contributed by atoms with Gasteiger partial charge in [0.15, 0.2) is 0 Å². The summed E-state index contributed by atoms with van der Waals surface area (Å²) < 4.78 is 52.8. The maximum absolute atomic E-state index is 13.4. The summed E-state index contributed by atoms with van der Waals surface area (Å²) in [5, 5.41) is 2.68. The topological polar surface area (TPSA) is 49.4 Å². The smallest absolute Gasteiger partial charge is 0.350 e. The van der Waals surface area contributed by atoms with E-state index in [1.54, 1.807) is 24.3 Å². The number of benzene rings is 3. The summed E-state index contributed by atoms with van der Waals surface area (Å²) in [6.45, 7) is 1.85. The molecule has 0 saturated heterocycles. The zero-order valence-electron chi connectivity index (χ0n) is 16.7. The van der Waals surface area contributed by atoms with Crippen LogP contribution in [0.1, 0.15) is 16.7 Å². The highest BCUT2D eigenvalue weighted by molar-refractivity contribution is 6.46. The molecule has 1 aliphatic heterocycles. The van der Waals surface area contributed by atoms with Gasteiger partial charge in [0.05, 0.1) is 16.8 Å². The molecule has 2 amide bonds. The predicted molar refractivity (Wildman–Crippen MR) is 112 cm³/mol. The first kappa shape index (κ1) is 21.3. The van der Waals surface area contributed by atoms with E-state index < -0.39 is 29.4 Å². The summed E-state index contributed by atoms with van der Waals surface area (Å²) in [6.07, 6.45) is -4.57. The fourth-order valence-electron chi connectivity index (χ4n) is 3.38. The molecule has 162 valence electrons. The average molecular weight is 440 g/mol. The third-order valence-corrected chi connectivity index (χ3v) is 4.97. The van der Waals surface area contributed by atoms with Gasteiger partial charge in [-0.15, -0.1) is 0 Å². The maximum Gasteiger partial charge on any atom is 0.416 e. The molecule has 1 heterocycles. The minimum absolute atomic E-state index is 0.0126. The highest BCUT2D eigenvalue weighted by Crippen LogP contribution is 2.35. The van der Waals surface area contributed by atoms with Gasteiger partial charge in [-0.25, -0.2) is 9.29 Å². The first-order valence-corrected chi connectivity index (χ1v) is 9.55. The second-order valence-corrected chi connectivity index (χ2v) is 7.24. The molecule has 1 aliphatic rings. The van der Waals surface area contributed by atoms with Gasteiger partial charge in [-0.1, -0.05) is 35.9 Å². The molecule has 0 aliphatic carbocycles. The number of aryl methyl sites for hydroxylation is 1. The summed E-state index contributed by atoms with van der Waals surface area (Å²) in [6, 6.07) is 15.9. The lowest BCUT2D eigenvalue weighted by atomic mass is 10.0. The molecular weight excluding hydrogens is 424 g/mol. The zero-order chi connectivity index (χ0) is 23.0. The van der Waals surface area contributed by atoms with Crippen LogP contribution in [0.4, 0.5) is 28.9 Å². The van der Waals surface area contributed by atoms with Crippen molar-refractivity contribution in [3.8, 4) is 0 Å². The van der Waals surface area contributed by atoms with Crippen molar-refractivity contribution in [2.75, 3.05) is 10.2 Å². The number of amides is 2. The fraction of sp³-hybridized carbons (Fsp3) is 0.0833. The number of hydrogen-bond donors (Lipinski definition) is 1. The van der Waals surface area contributed by atoms with E-state index in [1.165, 1.54) is 24.3 Å². The molecule has 0 saturated carbocycles. The van der Waals surface area contributed by atoms with E-state index in [0.717, 1.165) is 34.7 Å².